The van der Waals surface area contributed by atoms with Crippen molar-refractivity contribution in [1.82, 2.24) is 5.32 Å². The van der Waals surface area contributed by atoms with Gasteiger partial charge in [0.2, 0.25) is 0 Å². The van der Waals surface area contributed by atoms with Crippen LogP contribution in [0.5, 0.6) is 0 Å². The zero-order valence-corrected chi connectivity index (χ0v) is 7.72. The molecular weight excluding hydrogens is 154 g/mol. The summed E-state index contributed by atoms with van der Waals surface area (Å²) < 4.78 is 0. The molecular formula is C9H15NS. The Morgan fingerprint density at radius 1 is 1.36 bits per heavy atom. The average molecular weight is 169 g/mol. The van der Waals surface area contributed by atoms with Gasteiger partial charge in [0, 0.05) is 11.3 Å². The fourth-order valence-corrected chi connectivity index (χ4v) is 1.40. The molecule has 0 radical (unpaired) electrons. The normalized spacial score (nSPS) is 29.3. The van der Waals surface area contributed by atoms with E-state index in [0.717, 1.165) is 6.54 Å². The maximum absolute atomic E-state index is 4.43. The minimum Gasteiger partial charge on any atom is -0.309 e. The fourth-order valence-electron chi connectivity index (χ4n) is 1.10. The lowest BCUT2D eigenvalue weighted by atomic mass is 10.1. The SMILES string of the molecule is CCCNC1C=CC=CC1S. The second kappa shape index (κ2) is 4.62. The molecule has 1 rings (SSSR count). The van der Waals surface area contributed by atoms with Crippen molar-refractivity contribution in [1.29, 1.82) is 0 Å². The smallest absolute Gasteiger partial charge is 0.0406 e. The minimum atomic E-state index is 0.339. The zero-order chi connectivity index (χ0) is 8.10. The van der Waals surface area contributed by atoms with Gasteiger partial charge in [-0.2, -0.15) is 12.6 Å². The number of thiol groups is 1. The van der Waals surface area contributed by atoms with Gasteiger partial charge in [0.15, 0.2) is 0 Å². The van der Waals surface area contributed by atoms with Crippen LogP contribution < -0.4 is 5.32 Å². The molecule has 2 heteroatoms. The lowest BCUT2D eigenvalue weighted by Crippen LogP contribution is -2.35. The Labute approximate surface area is 74.0 Å². The molecule has 0 bridgehead atoms. The van der Waals surface area contributed by atoms with E-state index in [0.29, 0.717) is 11.3 Å². The number of nitrogens with one attached hydrogen (secondary N) is 1. The lowest BCUT2D eigenvalue weighted by molar-refractivity contribution is 0.598. The maximum Gasteiger partial charge on any atom is 0.0406 e. The molecule has 0 spiro atoms. The van der Waals surface area contributed by atoms with Crippen LogP contribution in [0.15, 0.2) is 24.3 Å². The molecule has 2 atom stereocenters. The van der Waals surface area contributed by atoms with Crippen molar-refractivity contribution in [3.05, 3.63) is 24.3 Å². The largest absolute Gasteiger partial charge is 0.309 e. The fraction of sp³-hybridized carbons (Fsp3) is 0.556. The van der Waals surface area contributed by atoms with E-state index in [1.807, 2.05) is 6.08 Å². The first-order valence-electron chi connectivity index (χ1n) is 4.11. The Balaban J connectivity index is 2.33. The van der Waals surface area contributed by atoms with Gasteiger partial charge in [-0.3, -0.25) is 0 Å². The van der Waals surface area contributed by atoms with Gasteiger partial charge in [-0.15, -0.1) is 0 Å². The predicted molar refractivity (Wildman–Crippen MR) is 53.1 cm³/mol. The highest BCUT2D eigenvalue weighted by Gasteiger charge is 2.12. The monoisotopic (exact) mass is 169 g/mol. The number of rotatable bonds is 3. The van der Waals surface area contributed by atoms with Crippen molar-refractivity contribution in [2.24, 2.45) is 0 Å². The highest BCUT2D eigenvalue weighted by Crippen LogP contribution is 2.10. The van der Waals surface area contributed by atoms with Crippen molar-refractivity contribution in [2.45, 2.75) is 24.6 Å². The molecule has 1 aliphatic rings. The maximum atomic E-state index is 4.43. The molecule has 1 aliphatic carbocycles. The van der Waals surface area contributed by atoms with Gasteiger partial charge < -0.3 is 5.32 Å². The summed E-state index contributed by atoms with van der Waals surface area (Å²) in [6.45, 7) is 3.24. The molecule has 0 aromatic heterocycles. The molecule has 11 heavy (non-hydrogen) atoms. The standard InChI is InChI=1S/C9H15NS/c1-2-7-10-8-5-3-4-6-9(8)11/h3-6,8-11H,2,7H2,1H3. The van der Waals surface area contributed by atoms with Crippen LogP contribution in [-0.4, -0.2) is 17.8 Å². The van der Waals surface area contributed by atoms with Gasteiger partial charge >= 0.3 is 0 Å². The Bertz CT molecular complexity index is 163. The highest BCUT2D eigenvalue weighted by molar-refractivity contribution is 7.81. The van der Waals surface area contributed by atoms with Crippen LogP contribution in [0, 0.1) is 0 Å². The molecule has 0 aliphatic heterocycles. The van der Waals surface area contributed by atoms with Gasteiger partial charge in [-0.1, -0.05) is 31.2 Å². The van der Waals surface area contributed by atoms with Gasteiger partial charge in [-0.05, 0) is 13.0 Å². The van der Waals surface area contributed by atoms with Gasteiger partial charge in [0.1, 0.15) is 0 Å². The topological polar surface area (TPSA) is 12.0 Å². The first-order valence-corrected chi connectivity index (χ1v) is 4.62. The van der Waals surface area contributed by atoms with Gasteiger partial charge in [0.05, 0.1) is 0 Å². The van der Waals surface area contributed by atoms with Crippen LogP contribution in [0.2, 0.25) is 0 Å². The Morgan fingerprint density at radius 2 is 2.09 bits per heavy atom. The summed E-state index contributed by atoms with van der Waals surface area (Å²) in [5.74, 6) is 0. The quantitative estimate of drug-likeness (QED) is 0.614. The molecule has 1 nitrogen and oxygen atoms in total. The Hall–Kier alpha value is -0.210. The molecule has 1 N–H and O–H groups in total. The first kappa shape index (κ1) is 8.88. The van der Waals surface area contributed by atoms with Crippen LogP contribution in [0.4, 0.5) is 0 Å². The predicted octanol–water partition coefficient (Wildman–Crippen LogP) is 1.78. The van der Waals surface area contributed by atoms with E-state index in [1.54, 1.807) is 0 Å². The summed E-state index contributed by atoms with van der Waals surface area (Å²) in [4.78, 5) is 0. The van der Waals surface area contributed by atoms with E-state index in [9.17, 15) is 0 Å². The Kier molecular flexibility index (Phi) is 3.73. The molecule has 0 aromatic rings. The summed E-state index contributed by atoms with van der Waals surface area (Å²) in [7, 11) is 0. The van der Waals surface area contributed by atoms with Gasteiger partial charge in [0.25, 0.3) is 0 Å². The number of allylic oxidation sites excluding steroid dienone is 2. The highest BCUT2D eigenvalue weighted by atomic mass is 32.1. The second-order valence-corrected chi connectivity index (χ2v) is 3.34. The summed E-state index contributed by atoms with van der Waals surface area (Å²) in [6, 6.07) is 0.420. The van der Waals surface area contributed by atoms with E-state index >= 15 is 0 Å². The summed E-state index contributed by atoms with van der Waals surface area (Å²) in [5, 5.41) is 3.75. The van der Waals surface area contributed by atoms with E-state index in [1.165, 1.54) is 6.42 Å². The molecule has 0 heterocycles. The van der Waals surface area contributed by atoms with Crippen molar-refractivity contribution < 1.29 is 0 Å². The molecule has 0 saturated carbocycles. The van der Waals surface area contributed by atoms with Crippen molar-refractivity contribution in [2.75, 3.05) is 6.54 Å². The van der Waals surface area contributed by atoms with E-state index in [2.05, 4.69) is 43.1 Å². The van der Waals surface area contributed by atoms with Crippen LogP contribution >= 0.6 is 12.6 Å². The van der Waals surface area contributed by atoms with Crippen molar-refractivity contribution in [3.8, 4) is 0 Å². The number of hydrogen-bond acceptors (Lipinski definition) is 2. The van der Waals surface area contributed by atoms with Crippen LogP contribution in [0.3, 0.4) is 0 Å². The van der Waals surface area contributed by atoms with Crippen LogP contribution in [0.1, 0.15) is 13.3 Å². The molecule has 62 valence electrons. The molecule has 0 fully saturated rings. The van der Waals surface area contributed by atoms with E-state index < -0.39 is 0 Å². The van der Waals surface area contributed by atoms with Crippen LogP contribution in [-0.2, 0) is 0 Å². The third kappa shape index (κ3) is 2.72. The molecule has 0 saturated heterocycles. The second-order valence-electron chi connectivity index (χ2n) is 2.74. The third-order valence-electron chi connectivity index (χ3n) is 1.74. The third-order valence-corrected chi connectivity index (χ3v) is 2.23. The zero-order valence-electron chi connectivity index (χ0n) is 6.83. The van der Waals surface area contributed by atoms with E-state index in [-0.39, 0.29) is 0 Å². The first-order chi connectivity index (χ1) is 5.34. The van der Waals surface area contributed by atoms with Crippen LogP contribution in [0.25, 0.3) is 0 Å². The molecule has 0 aromatic carbocycles. The summed E-state index contributed by atoms with van der Waals surface area (Å²) in [6.07, 6.45) is 9.56. The average Bonchev–Trinajstić information content (AvgIpc) is 2.03. The molecule has 0 amide bonds. The molecule has 2 unspecified atom stereocenters. The minimum absolute atomic E-state index is 0.339. The van der Waals surface area contributed by atoms with E-state index in [4.69, 9.17) is 0 Å². The summed E-state index contributed by atoms with van der Waals surface area (Å²) >= 11 is 4.43. The summed E-state index contributed by atoms with van der Waals surface area (Å²) in [5.41, 5.74) is 0. The van der Waals surface area contributed by atoms with Crippen molar-refractivity contribution >= 4 is 12.6 Å². The number of hydrogen-bond donors (Lipinski definition) is 2. The Morgan fingerprint density at radius 3 is 2.73 bits per heavy atom. The van der Waals surface area contributed by atoms with Crippen molar-refractivity contribution in [3.63, 3.8) is 0 Å². The lowest BCUT2D eigenvalue weighted by Gasteiger charge is -2.20. The van der Waals surface area contributed by atoms with Gasteiger partial charge in [-0.25, -0.2) is 0 Å².